The van der Waals surface area contributed by atoms with Crippen LogP contribution in [0.1, 0.15) is 46.7 Å². The summed E-state index contributed by atoms with van der Waals surface area (Å²) >= 11 is 3.19. The number of thiazole rings is 2. The van der Waals surface area contributed by atoms with E-state index < -0.39 is 0 Å². The second-order valence-electron chi connectivity index (χ2n) is 6.59. The zero-order valence-corrected chi connectivity index (χ0v) is 16.4. The van der Waals surface area contributed by atoms with E-state index in [-0.39, 0.29) is 11.7 Å². The predicted molar refractivity (Wildman–Crippen MR) is 107 cm³/mol. The molecule has 0 spiro atoms. The minimum absolute atomic E-state index is 0.184. The molecule has 1 aliphatic carbocycles. The fourth-order valence-corrected chi connectivity index (χ4v) is 5.01. The van der Waals surface area contributed by atoms with Gasteiger partial charge >= 0.3 is 0 Å². The zero-order chi connectivity index (χ0) is 18.1. The summed E-state index contributed by atoms with van der Waals surface area (Å²) in [7, 11) is 0. The molecule has 134 valence electrons. The summed E-state index contributed by atoms with van der Waals surface area (Å²) in [6.07, 6.45) is 6.02. The van der Waals surface area contributed by atoms with Gasteiger partial charge in [-0.1, -0.05) is 12.8 Å². The first-order valence-corrected chi connectivity index (χ1v) is 10.5. The maximum absolute atomic E-state index is 12.4. The molecule has 1 N–H and O–H groups in total. The second kappa shape index (κ2) is 7.25. The van der Waals surface area contributed by atoms with Gasteiger partial charge in [-0.15, -0.1) is 22.7 Å². The third kappa shape index (κ3) is 3.54. The van der Waals surface area contributed by atoms with E-state index in [1.165, 1.54) is 11.3 Å². The fraction of sp³-hybridized carbons (Fsp3) is 0.368. The standard InChI is InChI=1S/C19H20N4OS2/c1-11-18(26-12(2)21-11)15-10-25-19(22-15)23-16-8-7-14(9-20-16)17(24)13-5-3-4-6-13/h7-10,13H,3-6H2,1-2H3,(H,20,22,23). The van der Waals surface area contributed by atoms with E-state index in [0.717, 1.165) is 52.1 Å². The van der Waals surface area contributed by atoms with Crippen LogP contribution in [0.4, 0.5) is 10.9 Å². The van der Waals surface area contributed by atoms with Crippen LogP contribution in [0, 0.1) is 19.8 Å². The Balaban J connectivity index is 1.46. The Kier molecular flexibility index (Phi) is 4.82. The predicted octanol–water partition coefficient (Wildman–Crippen LogP) is 5.39. The lowest BCUT2D eigenvalue weighted by molar-refractivity contribution is 0.0922. The molecule has 0 atom stereocenters. The molecule has 1 fully saturated rings. The first-order valence-electron chi connectivity index (χ1n) is 8.77. The molecule has 0 saturated heterocycles. The number of nitrogens with zero attached hydrogens (tertiary/aromatic N) is 3. The molecular weight excluding hydrogens is 364 g/mol. The number of aryl methyl sites for hydroxylation is 2. The monoisotopic (exact) mass is 384 g/mol. The average Bonchev–Trinajstić information content (AvgIpc) is 3.36. The van der Waals surface area contributed by atoms with E-state index in [1.807, 2.05) is 31.4 Å². The molecule has 0 unspecified atom stereocenters. The Bertz CT molecular complexity index is 923. The number of carbonyl (C=O) groups excluding carboxylic acids is 1. The van der Waals surface area contributed by atoms with Crippen molar-refractivity contribution in [1.82, 2.24) is 15.0 Å². The first kappa shape index (κ1) is 17.3. The van der Waals surface area contributed by atoms with E-state index in [1.54, 1.807) is 17.5 Å². The Morgan fingerprint density at radius 2 is 2.00 bits per heavy atom. The van der Waals surface area contributed by atoms with Crippen molar-refractivity contribution >= 4 is 39.4 Å². The number of Topliss-reactive ketones (excluding diaryl/α,β-unsaturated/α-hetero) is 1. The van der Waals surface area contributed by atoms with Gasteiger partial charge in [0.05, 0.1) is 21.3 Å². The Morgan fingerprint density at radius 1 is 1.19 bits per heavy atom. The molecule has 0 bridgehead atoms. The maximum atomic E-state index is 12.4. The molecule has 3 aromatic rings. The van der Waals surface area contributed by atoms with Gasteiger partial charge in [-0.05, 0) is 38.8 Å². The van der Waals surface area contributed by atoms with Crippen molar-refractivity contribution in [3.8, 4) is 10.6 Å². The number of ketones is 1. The SMILES string of the molecule is Cc1nc(C)c(-c2csc(Nc3ccc(C(=O)C4CCCC4)cn3)n2)s1. The van der Waals surface area contributed by atoms with Crippen LogP contribution < -0.4 is 5.32 Å². The van der Waals surface area contributed by atoms with Gasteiger partial charge in [-0.25, -0.2) is 15.0 Å². The van der Waals surface area contributed by atoms with Crippen LogP contribution in [0.2, 0.25) is 0 Å². The van der Waals surface area contributed by atoms with E-state index in [9.17, 15) is 4.79 Å². The fourth-order valence-electron chi connectivity index (χ4n) is 3.35. The van der Waals surface area contributed by atoms with Crippen LogP contribution in [-0.2, 0) is 0 Å². The summed E-state index contributed by atoms with van der Waals surface area (Å²) < 4.78 is 0. The van der Waals surface area contributed by atoms with Gasteiger partial charge in [0.25, 0.3) is 0 Å². The molecule has 4 rings (SSSR count). The number of anilines is 2. The normalized spacial score (nSPS) is 14.7. The van der Waals surface area contributed by atoms with Gasteiger partial charge in [-0.2, -0.15) is 0 Å². The van der Waals surface area contributed by atoms with Crippen molar-refractivity contribution in [2.45, 2.75) is 39.5 Å². The molecule has 0 aliphatic heterocycles. The largest absolute Gasteiger partial charge is 0.316 e. The highest BCUT2D eigenvalue weighted by molar-refractivity contribution is 7.16. The number of hydrogen-bond acceptors (Lipinski definition) is 7. The van der Waals surface area contributed by atoms with Crippen molar-refractivity contribution in [1.29, 1.82) is 0 Å². The maximum Gasteiger partial charge on any atom is 0.188 e. The molecule has 3 aromatic heterocycles. The quantitative estimate of drug-likeness (QED) is 0.597. The van der Waals surface area contributed by atoms with Crippen LogP contribution in [0.5, 0.6) is 0 Å². The van der Waals surface area contributed by atoms with Gasteiger partial charge in [0.2, 0.25) is 0 Å². The molecule has 1 saturated carbocycles. The number of aromatic nitrogens is 3. The van der Waals surface area contributed by atoms with E-state index in [4.69, 9.17) is 0 Å². The third-order valence-electron chi connectivity index (χ3n) is 4.65. The molecule has 1 aliphatic rings. The van der Waals surface area contributed by atoms with Gasteiger partial charge in [0.15, 0.2) is 10.9 Å². The highest BCUT2D eigenvalue weighted by Gasteiger charge is 2.23. The van der Waals surface area contributed by atoms with Crippen LogP contribution in [-0.4, -0.2) is 20.7 Å². The van der Waals surface area contributed by atoms with Gasteiger partial charge in [-0.3, -0.25) is 4.79 Å². The molecule has 7 heteroatoms. The minimum Gasteiger partial charge on any atom is -0.316 e. The molecule has 26 heavy (non-hydrogen) atoms. The van der Waals surface area contributed by atoms with E-state index >= 15 is 0 Å². The smallest absolute Gasteiger partial charge is 0.188 e. The van der Waals surface area contributed by atoms with Crippen molar-refractivity contribution in [3.63, 3.8) is 0 Å². The van der Waals surface area contributed by atoms with E-state index in [2.05, 4.69) is 20.3 Å². The molecule has 5 nitrogen and oxygen atoms in total. The van der Waals surface area contributed by atoms with Crippen LogP contribution in [0.15, 0.2) is 23.7 Å². The highest BCUT2D eigenvalue weighted by Crippen LogP contribution is 2.33. The molecule has 0 radical (unpaired) electrons. The highest BCUT2D eigenvalue weighted by atomic mass is 32.1. The number of rotatable bonds is 5. The number of carbonyl (C=O) groups is 1. The van der Waals surface area contributed by atoms with Crippen molar-refractivity contribution in [3.05, 3.63) is 40.0 Å². The van der Waals surface area contributed by atoms with E-state index in [0.29, 0.717) is 11.4 Å². The minimum atomic E-state index is 0.184. The lowest BCUT2D eigenvalue weighted by Gasteiger charge is -2.08. The van der Waals surface area contributed by atoms with Gasteiger partial charge in [0, 0.05) is 23.1 Å². The van der Waals surface area contributed by atoms with Crippen molar-refractivity contribution < 1.29 is 4.79 Å². The lowest BCUT2D eigenvalue weighted by atomic mass is 9.97. The summed E-state index contributed by atoms with van der Waals surface area (Å²) in [5.41, 5.74) is 2.66. The molecular formula is C19H20N4OS2. The van der Waals surface area contributed by atoms with Crippen LogP contribution in [0.25, 0.3) is 10.6 Å². The first-order chi connectivity index (χ1) is 12.6. The summed E-state index contributed by atoms with van der Waals surface area (Å²) in [5.74, 6) is 1.11. The van der Waals surface area contributed by atoms with Crippen molar-refractivity contribution in [2.24, 2.45) is 5.92 Å². The van der Waals surface area contributed by atoms with Gasteiger partial charge in [0.1, 0.15) is 5.82 Å². The Morgan fingerprint density at radius 3 is 2.65 bits per heavy atom. The second-order valence-corrected chi connectivity index (χ2v) is 8.65. The Labute approximate surface area is 160 Å². The van der Waals surface area contributed by atoms with Crippen LogP contribution >= 0.6 is 22.7 Å². The summed E-state index contributed by atoms with van der Waals surface area (Å²) in [6.45, 7) is 4.01. The summed E-state index contributed by atoms with van der Waals surface area (Å²) in [5, 5.41) is 7.08. The number of pyridine rings is 1. The molecule has 3 heterocycles. The Hall–Kier alpha value is -2.12. The topological polar surface area (TPSA) is 67.8 Å². The van der Waals surface area contributed by atoms with Gasteiger partial charge < -0.3 is 5.32 Å². The lowest BCUT2D eigenvalue weighted by Crippen LogP contribution is -2.11. The summed E-state index contributed by atoms with van der Waals surface area (Å²) in [6, 6.07) is 3.71. The zero-order valence-electron chi connectivity index (χ0n) is 14.8. The van der Waals surface area contributed by atoms with Crippen molar-refractivity contribution in [2.75, 3.05) is 5.32 Å². The third-order valence-corrected chi connectivity index (χ3v) is 6.50. The molecule has 0 aromatic carbocycles. The number of nitrogens with one attached hydrogen (secondary N) is 1. The average molecular weight is 385 g/mol. The number of hydrogen-bond donors (Lipinski definition) is 1. The van der Waals surface area contributed by atoms with Crippen LogP contribution in [0.3, 0.4) is 0 Å². The summed E-state index contributed by atoms with van der Waals surface area (Å²) in [4.78, 5) is 27.0. The molecule has 0 amide bonds.